The molecule has 1 aromatic heterocycles. The molecule has 2 heterocycles. The predicted octanol–water partition coefficient (Wildman–Crippen LogP) is 3.47. The fraction of sp³-hybridized carbons (Fsp3) is 0.136. The van der Waals surface area contributed by atoms with Gasteiger partial charge in [0, 0.05) is 17.1 Å². The molecule has 0 spiro atoms. The van der Waals surface area contributed by atoms with Crippen molar-refractivity contribution < 1.29 is 24.0 Å². The minimum absolute atomic E-state index is 0.217. The fourth-order valence-electron chi connectivity index (χ4n) is 3.48. The van der Waals surface area contributed by atoms with Crippen LogP contribution in [0, 0.1) is 13.8 Å². The maximum atomic E-state index is 12.8. The van der Waals surface area contributed by atoms with E-state index in [1.165, 1.54) is 12.1 Å². The van der Waals surface area contributed by atoms with Crippen molar-refractivity contribution in [3.8, 4) is 11.4 Å². The van der Waals surface area contributed by atoms with Crippen molar-refractivity contribution in [1.29, 1.82) is 0 Å². The Balaban J connectivity index is 1.62. The normalized spacial score (nSPS) is 12.9. The number of imide groups is 1. The maximum Gasteiger partial charge on any atom is 0.365 e. The van der Waals surface area contributed by atoms with E-state index >= 15 is 0 Å². The number of carbonyl (C=O) groups excluding carboxylic acids is 3. The van der Waals surface area contributed by atoms with Crippen molar-refractivity contribution in [1.82, 2.24) is 9.63 Å². The lowest BCUT2D eigenvalue weighted by molar-refractivity contribution is -0.0585. The third-order valence-corrected chi connectivity index (χ3v) is 4.91. The average molecular weight is 390 g/mol. The number of hydroxylamine groups is 2. The van der Waals surface area contributed by atoms with Crippen LogP contribution in [0.25, 0.3) is 5.69 Å². The Morgan fingerprint density at radius 1 is 0.897 bits per heavy atom. The number of amides is 2. The number of methoxy groups -OCH3 is 1. The van der Waals surface area contributed by atoms with Gasteiger partial charge in [-0.05, 0) is 56.3 Å². The number of hydrogen-bond acceptors (Lipinski definition) is 5. The highest BCUT2D eigenvalue weighted by Gasteiger charge is 2.39. The summed E-state index contributed by atoms with van der Waals surface area (Å²) >= 11 is 0. The molecule has 0 saturated carbocycles. The largest absolute Gasteiger partial charge is 0.497 e. The number of nitrogens with zero attached hydrogens (tertiary/aromatic N) is 2. The summed E-state index contributed by atoms with van der Waals surface area (Å²) in [6, 6.07) is 15.4. The molecule has 4 rings (SSSR count). The second-order valence-corrected chi connectivity index (χ2v) is 6.65. The molecule has 0 atom stereocenters. The lowest BCUT2D eigenvalue weighted by Gasteiger charge is -2.13. The molecule has 0 unspecified atom stereocenters. The Morgan fingerprint density at radius 2 is 1.48 bits per heavy atom. The molecule has 0 N–H and O–H groups in total. The van der Waals surface area contributed by atoms with Gasteiger partial charge in [0.15, 0.2) is 0 Å². The van der Waals surface area contributed by atoms with Gasteiger partial charge in [-0.1, -0.05) is 17.2 Å². The van der Waals surface area contributed by atoms with Gasteiger partial charge in [-0.25, -0.2) is 4.79 Å². The van der Waals surface area contributed by atoms with E-state index in [0.29, 0.717) is 10.8 Å². The summed E-state index contributed by atoms with van der Waals surface area (Å²) in [5, 5.41) is 0.520. The maximum absolute atomic E-state index is 12.8. The first-order valence-corrected chi connectivity index (χ1v) is 8.96. The van der Waals surface area contributed by atoms with Gasteiger partial charge in [0.2, 0.25) is 0 Å². The first-order valence-electron chi connectivity index (χ1n) is 8.96. The number of carbonyl (C=O) groups is 3. The number of ether oxygens (including phenoxy) is 1. The molecule has 3 aromatic rings. The van der Waals surface area contributed by atoms with Crippen LogP contribution < -0.4 is 4.74 Å². The zero-order valence-corrected chi connectivity index (χ0v) is 16.1. The Labute approximate surface area is 167 Å². The van der Waals surface area contributed by atoms with Crippen molar-refractivity contribution in [2.75, 3.05) is 7.11 Å². The molecule has 1 aliphatic heterocycles. The quantitative estimate of drug-likeness (QED) is 0.638. The van der Waals surface area contributed by atoms with Crippen LogP contribution >= 0.6 is 0 Å². The summed E-state index contributed by atoms with van der Waals surface area (Å²) in [6.45, 7) is 3.63. The summed E-state index contributed by atoms with van der Waals surface area (Å²) in [5.74, 6) is -1.35. The topological polar surface area (TPSA) is 77.8 Å². The van der Waals surface area contributed by atoms with Gasteiger partial charge in [0.1, 0.15) is 5.75 Å². The van der Waals surface area contributed by atoms with Crippen LogP contribution in [0.4, 0.5) is 0 Å². The van der Waals surface area contributed by atoms with Crippen molar-refractivity contribution in [3.05, 3.63) is 82.7 Å². The summed E-state index contributed by atoms with van der Waals surface area (Å²) in [7, 11) is 1.59. The molecule has 2 amide bonds. The van der Waals surface area contributed by atoms with Crippen LogP contribution in [0.2, 0.25) is 0 Å². The molecule has 146 valence electrons. The van der Waals surface area contributed by atoms with Gasteiger partial charge in [0.05, 0.1) is 23.8 Å². The predicted molar refractivity (Wildman–Crippen MR) is 104 cm³/mol. The molecule has 0 radical (unpaired) electrons. The van der Waals surface area contributed by atoms with Crippen LogP contribution in [-0.4, -0.2) is 34.5 Å². The number of benzene rings is 2. The molecule has 1 aliphatic rings. The molecule has 2 aromatic carbocycles. The minimum Gasteiger partial charge on any atom is -0.497 e. The molecule has 0 bridgehead atoms. The van der Waals surface area contributed by atoms with Crippen LogP contribution in [0.15, 0.2) is 54.6 Å². The number of aromatic nitrogens is 1. The van der Waals surface area contributed by atoms with Gasteiger partial charge in [-0.2, -0.15) is 0 Å². The molecular formula is C22H18N2O5. The zero-order valence-electron chi connectivity index (χ0n) is 16.1. The second kappa shape index (κ2) is 6.94. The van der Waals surface area contributed by atoms with E-state index in [1.807, 2.05) is 35.8 Å². The Morgan fingerprint density at radius 3 is 2.03 bits per heavy atom. The van der Waals surface area contributed by atoms with Gasteiger partial charge in [0.25, 0.3) is 11.8 Å². The van der Waals surface area contributed by atoms with Crippen molar-refractivity contribution in [2.45, 2.75) is 13.8 Å². The highest BCUT2D eigenvalue weighted by molar-refractivity contribution is 6.21. The Hall–Kier alpha value is -3.87. The summed E-state index contributed by atoms with van der Waals surface area (Å²) in [5.41, 5.74) is 3.00. The first kappa shape index (κ1) is 18.5. The van der Waals surface area contributed by atoms with Crippen molar-refractivity contribution >= 4 is 17.8 Å². The van der Waals surface area contributed by atoms with E-state index in [1.54, 1.807) is 32.2 Å². The number of hydrogen-bond donors (Lipinski definition) is 0. The SMILES string of the molecule is COc1ccc(-n2c(C)cc(C(=O)ON3C(=O)c4ccccc4C3=O)c2C)cc1. The first-order chi connectivity index (χ1) is 13.9. The fourth-order valence-corrected chi connectivity index (χ4v) is 3.48. The molecule has 0 aliphatic carbocycles. The molecule has 0 fully saturated rings. The number of fused-ring (bicyclic) bond motifs is 1. The van der Waals surface area contributed by atoms with Gasteiger partial charge in [-0.3, -0.25) is 9.59 Å². The third kappa shape index (κ3) is 2.97. The average Bonchev–Trinajstić information content (AvgIpc) is 3.16. The molecule has 29 heavy (non-hydrogen) atoms. The summed E-state index contributed by atoms with van der Waals surface area (Å²) < 4.78 is 7.06. The zero-order chi connectivity index (χ0) is 20.7. The standard InChI is InChI=1S/C22H18N2O5/c1-13-12-19(14(2)23(13)15-8-10-16(28-3)11-9-15)22(27)29-24-20(25)17-6-4-5-7-18(17)21(24)26/h4-12H,1-3H3. The monoisotopic (exact) mass is 390 g/mol. The van der Waals surface area contributed by atoms with Gasteiger partial charge >= 0.3 is 5.97 Å². The lowest BCUT2D eigenvalue weighted by Crippen LogP contribution is -2.32. The van der Waals surface area contributed by atoms with E-state index < -0.39 is 17.8 Å². The van der Waals surface area contributed by atoms with E-state index in [4.69, 9.17) is 9.57 Å². The molecular weight excluding hydrogens is 372 g/mol. The number of aryl methyl sites for hydroxylation is 1. The molecule has 7 nitrogen and oxygen atoms in total. The van der Waals surface area contributed by atoms with Gasteiger partial charge in [-0.15, -0.1) is 0 Å². The van der Waals surface area contributed by atoms with E-state index in [9.17, 15) is 14.4 Å². The van der Waals surface area contributed by atoms with Gasteiger partial charge < -0.3 is 14.1 Å². The Bertz CT molecular complexity index is 1110. The molecule has 7 heteroatoms. The lowest BCUT2D eigenvalue weighted by atomic mass is 10.1. The third-order valence-electron chi connectivity index (χ3n) is 4.91. The van der Waals surface area contributed by atoms with Crippen LogP contribution in [0.3, 0.4) is 0 Å². The summed E-state index contributed by atoms with van der Waals surface area (Å²) in [6.07, 6.45) is 0. The van der Waals surface area contributed by atoms with Crippen molar-refractivity contribution in [3.63, 3.8) is 0 Å². The summed E-state index contributed by atoms with van der Waals surface area (Å²) in [4.78, 5) is 42.8. The van der Waals surface area contributed by atoms with Crippen molar-refractivity contribution in [2.24, 2.45) is 0 Å². The highest BCUT2D eigenvalue weighted by Crippen LogP contribution is 2.26. The van der Waals surface area contributed by atoms with E-state index in [-0.39, 0.29) is 16.7 Å². The number of rotatable bonds is 4. The molecule has 0 saturated heterocycles. The Kier molecular flexibility index (Phi) is 4.43. The smallest absolute Gasteiger partial charge is 0.365 e. The van der Waals surface area contributed by atoms with Crippen LogP contribution in [-0.2, 0) is 4.84 Å². The van der Waals surface area contributed by atoms with Crippen LogP contribution in [0.5, 0.6) is 5.75 Å². The minimum atomic E-state index is -0.771. The second-order valence-electron chi connectivity index (χ2n) is 6.65. The van der Waals surface area contributed by atoms with E-state index in [2.05, 4.69) is 0 Å². The highest BCUT2D eigenvalue weighted by atomic mass is 16.7. The van der Waals surface area contributed by atoms with E-state index in [0.717, 1.165) is 17.1 Å². The van der Waals surface area contributed by atoms with Crippen LogP contribution in [0.1, 0.15) is 42.5 Å².